The molecule has 0 radical (unpaired) electrons. The first-order chi connectivity index (χ1) is 13.2. The van der Waals surface area contributed by atoms with E-state index in [9.17, 15) is 9.18 Å². The number of aryl methyl sites for hydroxylation is 1. The molecule has 1 fully saturated rings. The number of anilines is 2. The minimum Gasteiger partial charge on any atom is -0.371 e. The Bertz CT molecular complexity index is 749. The molecular weight excluding hydrogens is 347 g/mol. The number of pyridine rings is 1. The lowest BCUT2D eigenvalue weighted by Crippen LogP contribution is -2.39. The number of piperidine rings is 1. The molecule has 0 aromatic carbocycles. The smallest absolute Gasteiger partial charge is 0.227 e. The van der Waals surface area contributed by atoms with Gasteiger partial charge in [-0.15, -0.1) is 0 Å². The first kappa shape index (κ1) is 19.0. The fourth-order valence-corrected chi connectivity index (χ4v) is 3.18. The van der Waals surface area contributed by atoms with Crippen molar-refractivity contribution in [2.45, 2.75) is 25.7 Å². The van der Waals surface area contributed by atoms with Gasteiger partial charge in [0.1, 0.15) is 0 Å². The van der Waals surface area contributed by atoms with Gasteiger partial charge in [0.15, 0.2) is 11.6 Å². The molecule has 1 saturated heterocycles. The van der Waals surface area contributed by atoms with Gasteiger partial charge < -0.3 is 15.5 Å². The maximum Gasteiger partial charge on any atom is 0.227 e. The molecule has 3 rings (SSSR count). The number of halogens is 1. The summed E-state index contributed by atoms with van der Waals surface area (Å²) in [5.74, 6) is 0.819. The van der Waals surface area contributed by atoms with Gasteiger partial charge in [0, 0.05) is 45.5 Å². The van der Waals surface area contributed by atoms with Crippen molar-refractivity contribution in [1.82, 2.24) is 20.3 Å². The Morgan fingerprint density at radius 1 is 1.30 bits per heavy atom. The number of nitrogens with zero attached hydrogens (tertiary/aromatic N) is 4. The molecule has 1 aliphatic rings. The van der Waals surface area contributed by atoms with Crippen molar-refractivity contribution < 1.29 is 9.18 Å². The second-order valence-electron chi connectivity index (χ2n) is 6.71. The summed E-state index contributed by atoms with van der Waals surface area (Å²) in [7, 11) is 1.64. The number of aromatic nitrogens is 3. The van der Waals surface area contributed by atoms with Crippen LogP contribution in [0.5, 0.6) is 0 Å². The molecule has 0 saturated carbocycles. The minimum atomic E-state index is -0.453. The Morgan fingerprint density at radius 2 is 2.04 bits per heavy atom. The van der Waals surface area contributed by atoms with Crippen LogP contribution in [0, 0.1) is 11.7 Å². The number of rotatable bonds is 7. The third-order valence-electron chi connectivity index (χ3n) is 4.84. The van der Waals surface area contributed by atoms with Crippen LogP contribution >= 0.6 is 0 Å². The van der Waals surface area contributed by atoms with Crippen molar-refractivity contribution in [3.05, 3.63) is 42.1 Å². The summed E-state index contributed by atoms with van der Waals surface area (Å²) in [6, 6.07) is 3.86. The second-order valence-corrected chi connectivity index (χ2v) is 6.71. The van der Waals surface area contributed by atoms with Crippen LogP contribution in [0.3, 0.4) is 0 Å². The van der Waals surface area contributed by atoms with Gasteiger partial charge in [-0.25, -0.2) is 9.37 Å². The van der Waals surface area contributed by atoms with Crippen LogP contribution in [0.2, 0.25) is 0 Å². The molecule has 2 aromatic rings. The normalized spacial score (nSPS) is 14.8. The summed E-state index contributed by atoms with van der Waals surface area (Å²) in [5.41, 5.74) is 1.12. The molecule has 0 unspecified atom stereocenters. The number of hydrogen-bond acceptors (Lipinski definition) is 6. The van der Waals surface area contributed by atoms with Gasteiger partial charge in [0.2, 0.25) is 11.9 Å². The minimum absolute atomic E-state index is 0.0785. The van der Waals surface area contributed by atoms with Crippen LogP contribution in [0.15, 0.2) is 30.7 Å². The number of carbonyl (C=O) groups is 1. The van der Waals surface area contributed by atoms with Crippen molar-refractivity contribution in [2.24, 2.45) is 5.92 Å². The zero-order valence-corrected chi connectivity index (χ0v) is 15.5. The highest BCUT2D eigenvalue weighted by atomic mass is 19.1. The summed E-state index contributed by atoms with van der Waals surface area (Å²) in [4.78, 5) is 26.4. The fourth-order valence-electron chi connectivity index (χ4n) is 3.18. The summed E-state index contributed by atoms with van der Waals surface area (Å²) >= 11 is 0. The van der Waals surface area contributed by atoms with E-state index >= 15 is 0 Å². The van der Waals surface area contributed by atoms with Gasteiger partial charge in [0.25, 0.3) is 0 Å². The monoisotopic (exact) mass is 372 g/mol. The lowest BCUT2D eigenvalue weighted by molar-refractivity contribution is -0.121. The molecule has 0 atom stereocenters. The van der Waals surface area contributed by atoms with Crippen LogP contribution in [0.4, 0.5) is 16.2 Å². The molecule has 8 heteroatoms. The predicted octanol–water partition coefficient (Wildman–Crippen LogP) is 2.02. The van der Waals surface area contributed by atoms with Crippen LogP contribution in [0.1, 0.15) is 24.8 Å². The van der Waals surface area contributed by atoms with E-state index in [1.165, 1.54) is 6.20 Å². The van der Waals surface area contributed by atoms with E-state index in [4.69, 9.17) is 0 Å². The molecular formula is C19H25FN6O. The molecule has 1 aliphatic heterocycles. The van der Waals surface area contributed by atoms with E-state index in [0.29, 0.717) is 24.8 Å². The van der Waals surface area contributed by atoms with Crippen molar-refractivity contribution in [2.75, 3.05) is 36.9 Å². The Morgan fingerprint density at radius 3 is 2.74 bits per heavy atom. The number of hydrogen-bond donors (Lipinski definition) is 2. The molecule has 3 heterocycles. The summed E-state index contributed by atoms with van der Waals surface area (Å²) in [5, 5.41) is 5.78. The number of carbonyl (C=O) groups excluding carboxylic acids is 1. The third-order valence-corrected chi connectivity index (χ3v) is 4.84. The first-order valence-corrected chi connectivity index (χ1v) is 9.26. The lowest BCUT2D eigenvalue weighted by Gasteiger charge is -2.32. The highest BCUT2D eigenvalue weighted by Crippen LogP contribution is 2.22. The van der Waals surface area contributed by atoms with Crippen LogP contribution in [0.25, 0.3) is 0 Å². The third kappa shape index (κ3) is 5.35. The Balaban J connectivity index is 1.40. The van der Waals surface area contributed by atoms with Crippen molar-refractivity contribution in [1.29, 1.82) is 0 Å². The number of nitrogens with one attached hydrogen (secondary N) is 2. The van der Waals surface area contributed by atoms with E-state index in [-0.39, 0.29) is 11.7 Å². The van der Waals surface area contributed by atoms with Gasteiger partial charge >= 0.3 is 0 Å². The Kier molecular flexibility index (Phi) is 6.51. The van der Waals surface area contributed by atoms with Gasteiger partial charge in [0.05, 0.1) is 6.20 Å². The summed E-state index contributed by atoms with van der Waals surface area (Å²) in [6.45, 7) is 2.29. The van der Waals surface area contributed by atoms with Crippen molar-refractivity contribution >= 4 is 17.7 Å². The Hall–Kier alpha value is -2.77. The summed E-state index contributed by atoms with van der Waals surface area (Å²) in [6.07, 6.45) is 7.78. The van der Waals surface area contributed by atoms with Crippen molar-refractivity contribution in [3.8, 4) is 0 Å². The molecule has 0 spiro atoms. The number of amides is 1. The SMILES string of the molecule is CNc1nc(N2CCC(CNC(=O)CCc3ccncc3)CC2)ncc1F. The van der Waals surface area contributed by atoms with Crippen LogP contribution < -0.4 is 15.5 Å². The average molecular weight is 372 g/mol. The maximum absolute atomic E-state index is 13.5. The van der Waals surface area contributed by atoms with E-state index < -0.39 is 5.82 Å². The van der Waals surface area contributed by atoms with Crippen molar-refractivity contribution in [3.63, 3.8) is 0 Å². The van der Waals surface area contributed by atoms with Crippen LogP contribution in [-0.4, -0.2) is 47.5 Å². The zero-order chi connectivity index (χ0) is 19.1. The molecule has 2 N–H and O–H groups in total. The molecule has 2 aromatic heterocycles. The molecule has 0 bridgehead atoms. The average Bonchev–Trinajstić information content (AvgIpc) is 2.72. The van der Waals surface area contributed by atoms with E-state index in [0.717, 1.165) is 37.9 Å². The maximum atomic E-state index is 13.5. The highest BCUT2D eigenvalue weighted by molar-refractivity contribution is 5.76. The predicted molar refractivity (Wildman–Crippen MR) is 102 cm³/mol. The molecule has 1 amide bonds. The quantitative estimate of drug-likeness (QED) is 0.774. The highest BCUT2D eigenvalue weighted by Gasteiger charge is 2.22. The van der Waals surface area contributed by atoms with Gasteiger partial charge in [-0.1, -0.05) is 0 Å². The summed E-state index contributed by atoms with van der Waals surface area (Å²) < 4.78 is 13.5. The largest absolute Gasteiger partial charge is 0.371 e. The molecule has 7 nitrogen and oxygen atoms in total. The standard InChI is InChI=1S/C19H25FN6O/c1-21-18-16(20)13-24-19(25-18)26-10-6-15(7-11-26)12-23-17(27)3-2-14-4-8-22-9-5-14/h4-5,8-9,13,15H,2-3,6-7,10-12H2,1H3,(H,23,27)(H,21,24,25). The lowest BCUT2D eigenvalue weighted by atomic mass is 9.97. The topological polar surface area (TPSA) is 83.0 Å². The van der Waals surface area contributed by atoms with E-state index in [1.807, 2.05) is 12.1 Å². The first-order valence-electron chi connectivity index (χ1n) is 9.26. The van der Waals surface area contributed by atoms with Gasteiger partial charge in [-0.05, 0) is 42.9 Å². The molecule has 0 aliphatic carbocycles. The molecule has 27 heavy (non-hydrogen) atoms. The van der Waals surface area contributed by atoms with Crippen LogP contribution in [-0.2, 0) is 11.2 Å². The second kappa shape index (κ2) is 9.25. The molecule has 144 valence electrons. The van der Waals surface area contributed by atoms with E-state index in [2.05, 4.69) is 30.5 Å². The van der Waals surface area contributed by atoms with E-state index in [1.54, 1.807) is 19.4 Å². The van der Waals surface area contributed by atoms with Gasteiger partial charge in [-0.3, -0.25) is 9.78 Å². The Labute approximate surface area is 158 Å². The zero-order valence-electron chi connectivity index (χ0n) is 15.5. The van der Waals surface area contributed by atoms with Gasteiger partial charge in [-0.2, -0.15) is 4.98 Å². The fraction of sp³-hybridized carbons (Fsp3) is 0.474.